The van der Waals surface area contributed by atoms with Crippen molar-refractivity contribution in [2.45, 2.75) is 0 Å². The second kappa shape index (κ2) is 19.4. The van der Waals surface area contributed by atoms with E-state index in [0.29, 0.717) is 139 Å². The predicted octanol–water partition coefficient (Wildman–Crippen LogP) is 14.5. The van der Waals surface area contributed by atoms with Gasteiger partial charge in [0.25, 0.3) is 0 Å². The standard InChI is InChI=1S/C68H30N12/c69-30-40-3-11-54(49(20-40)34-73)44-7-15-58-59-16-8-45(55-12-4-41(31-70)21-50(55)35-74)25-64(59)79(63(58)24-44)67-28-53(38-77)62(48-2-1-19-78-39-48)29-68(67)80-65-26-46(56-13-5-42(32-71)22-51(56)36-75)9-17-60(65)61-18-10-47(27-66(61)80)57-14-6-43(33-72)23-52(57)37-76/h1-29,39H. The number of aromatic nitrogens is 3. The van der Waals surface area contributed by atoms with E-state index in [-0.39, 0.29) is 0 Å². The zero-order chi connectivity index (χ0) is 55.2. The molecule has 12 heteroatoms. The van der Waals surface area contributed by atoms with Gasteiger partial charge in [-0.1, -0.05) is 78.9 Å². The number of nitriles is 9. The van der Waals surface area contributed by atoms with Crippen LogP contribution in [-0.4, -0.2) is 14.1 Å². The molecule has 0 aliphatic heterocycles. The van der Waals surface area contributed by atoms with Crippen LogP contribution in [-0.2, 0) is 0 Å². The van der Waals surface area contributed by atoms with Crippen LogP contribution in [0.5, 0.6) is 0 Å². The Bertz CT molecular complexity index is 4860. The van der Waals surface area contributed by atoms with E-state index in [1.165, 1.54) is 0 Å². The molecule has 12 nitrogen and oxygen atoms in total. The molecule has 0 aliphatic rings. The lowest BCUT2D eigenvalue weighted by Crippen LogP contribution is -2.06. The summed E-state index contributed by atoms with van der Waals surface area (Å²) in [6.07, 6.45) is 3.35. The number of nitrogens with zero attached hydrogens (tertiary/aromatic N) is 12. The highest BCUT2D eigenvalue weighted by atomic mass is 15.1. The minimum Gasteiger partial charge on any atom is -0.307 e. The molecule has 362 valence electrons. The van der Waals surface area contributed by atoms with Crippen molar-refractivity contribution in [2.24, 2.45) is 0 Å². The summed E-state index contributed by atoms with van der Waals surface area (Å²) >= 11 is 0. The Morgan fingerprint density at radius 3 is 0.875 bits per heavy atom. The van der Waals surface area contributed by atoms with Gasteiger partial charge in [-0.3, -0.25) is 4.98 Å². The van der Waals surface area contributed by atoms with E-state index in [1.807, 2.05) is 91.0 Å². The predicted molar refractivity (Wildman–Crippen MR) is 303 cm³/mol. The van der Waals surface area contributed by atoms with Crippen LogP contribution in [0.25, 0.3) is 111 Å². The lowest BCUT2D eigenvalue weighted by Gasteiger charge is -2.20. The molecular formula is C68H30N12. The van der Waals surface area contributed by atoms with Crippen LogP contribution in [0.3, 0.4) is 0 Å². The Hall–Kier alpha value is -12.9. The van der Waals surface area contributed by atoms with Crippen LogP contribution >= 0.6 is 0 Å². The largest absolute Gasteiger partial charge is 0.307 e. The van der Waals surface area contributed by atoms with Crippen LogP contribution in [0.4, 0.5) is 0 Å². The lowest BCUT2D eigenvalue weighted by atomic mass is 9.96. The third-order valence-corrected chi connectivity index (χ3v) is 14.5. The van der Waals surface area contributed by atoms with Crippen LogP contribution < -0.4 is 0 Å². The van der Waals surface area contributed by atoms with E-state index >= 15 is 0 Å². The third kappa shape index (κ3) is 7.82. The number of benzene rings is 9. The van der Waals surface area contributed by atoms with Crippen molar-refractivity contribution in [1.29, 1.82) is 47.4 Å². The Morgan fingerprint density at radius 1 is 0.275 bits per heavy atom. The Balaban J connectivity index is 1.27. The first-order chi connectivity index (χ1) is 39.2. The van der Waals surface area contributed by atoms with Gasteiger partial charge in [0.1, 0.15) is 0 Å². The van der Waals surface area contributed by atoms with Gasteiger partial charge in [-0.15, -0.1) is 0 Å². The molecule has 0 saturated carbocycles. The van der Waals surface area contributed by atoms with Crippen molar-refractivity contribution in [1.82, 2.24) is 14.1 Å². The molecule has 0 aliphatic carbocycles. The maximum Gasteiger partial charge on any atom is 0.0999 e. The van der Waals surface area contributed by atoms with Crippen LogP contribution in [0.1, 0.15) is 50.1 Å². The number of rotatable bonds is 7. The summed E-state index contributed by atoms with van der Waals surface area (Å²) in [5.74, 6) is 0. The Kier molecular flexibility index (Phi) is 11.7. The van der Waals surface area contributed by atoms with Gasteiger partial charge in [-0.25, -0.2) is 0 Å². The minimum atomic E-state index is 0.298. The summed E-state index contributed by atoms with van der Waals surface area (Å²) in [6.45, 7) is 0. The molecule has 0 radical (unpaired) electrons. The van der Waals surface area contributed by atoms with Gasteiger partial charge in [0.2, 0.25) is 0 Å². The second-order valence-electron chi connectivity index (χ2n) is 18.8. The Morgan fingerprint density at radius 2 is 0.588 bits per heavy atom. The minimum absolute atomic E-state index is 0.298. The highest BCUT2D eigenvalue weighted by Crippen LogP contribution is 2.45. The molecule has 3 heterocycles. The normalized spacial score (nSPS) is 10.6. The van der Waals surface area contributed by atoms with E-state index in [4.69, 9.17) is 0 Å². The summed E-state index contributed by atoms with van der Waals surface area (Å²) in [5, 5.41) is 95.6. The molecule has 0 fully saturated rings. The van der Waals surface area contributed by atoms with Crippen LogP contribution in [0.15, 0.2) is 182 Å². The summed E-state index contributed by atoms with van der Waals surface area (Å²) in [7, 11) is 0. The number of hydrogen-bond donors (Lipinski definition) is 0. The van der Waals surface area contributed by atoms with Crippen molar-refractivity contribution in [3.05, 3.63) is 232 Å². The van der Waals surface area contributed by atoms with Crippen LogP contribution in [0.2, 0.25) is 0 Å². The van der Waals surface area contributed by atoms with Gasteiger partial charge in [0.15, 0.2) is 0 Å². The summed E-state index contributed by atoms with van der Waals surface area (Å²) < 4.78 is 4.17. The quantitative estimate of drug-likeness (QED) is 0.146. The highest BCUT2D eigenvalue weighted by molar-refractivity contribution is 6.14. The van der Waals surface area contributed by atoms with Gasteiger partial charge >= 0.3 is 0 Å². The molecule has 0 unspecified atom stereocenters. The maximum absolute atomic E-state index is 11.3. The fraction of sp³-hybridized carbons (Fsp3) is 0. The molecule has 0 amide bonds. The molecule has 0 atom stereocenters. The van der Waals surface area contributed by atoms with Crippen molar-refractivity contribution in [2.75, 3.05) is 0 Å². The fourth-order valence-corrected chi connectivity index (χ4v) is 10.8. The first-order valence-corrected chi connectivity index (χ1v) is 24.7. The fourth-order valence-electron chi connectivity index (χ4n) is 10.8. The van der Waals surface area contributed by atoms with E-state index < -0.39 is 0 Å². The molecule has 0 spiro atoms. The van der Waals surface area contributed by atoms with Crippen molar-refractivity contribution >= 4 is 43.6 Å². The number of pyridine rings is 1. The molecule has 80 heavy (non-hydrogen) atoms. The van der Waals surface area contributed by atoms with Crippen LogP contribution in [0, 0.1) is 102 Å². The monoisotopic (exact) mass is 1010 g/mol. The van der Waals surface area contributed by atoms with Crippen molar-refractivity contribution in [3.63, 3.8) is 0 Å². The highest BCUT2D eigenvalue weighted by Gasteiger charge is 2.25. The molecule has 9 aromatic carbocycles. The van der Waals surface area contributed by atoms with Gasteiger partial charge in [0.05, 0.1) is 138 Å². The molecular weight excluding hydrogens is 985 g/mol. The topological polar surface area (TPSA) is 237 Å². The third-order valence-electron chi connectivity index (χ3n) is 14.5. The van der Waals surface area contributed by atoms with Crippen molar-refractivity contribution < 1.29 is 0 Å². The Labute approximate surface area is 456 Å². The van der Waals surface area contributed by atoms with Gasteiger partial charge in [-0.05, 0) is 136 Å². The van der Waals surface area contributed by atoms with Gasteiger partial charge < -0.3 is 9.13 Å². The zero-order valence-electron chi connectivity index (χ0n) is 41.7. The van der Waals surface area contributed by atoms with E-state index in [2.05, 4.69) is 68.7 Å². The SMILES string of the molecule is N#Cc1ccc(-c2ccc3c4ccc(-c5ccc(C#N)cc5C#N)cc4n(-c4cc(C#N)c(-c5cccnc5)cc4-n4c5cc(-c6ccc(C#N)cc6C#N)ccc5c5ccc(-c6ccc(C#N)cc6C#N)cc54)c3c2)c(C#N)c1. The molecule has 3 aromatic heterocycles. The maximum atomic E-state index is 11.3. The summed E-state index contributed by atoms with van der Waals surface area (Å²) in [5.41, 5.74) is 13.0. The average molecular weight is 1020 g/mol. The lowest BCUT2D eigenvalue weighted by molar-refractivity contribution is 1.09. The number of hydrogen-bond acceptors (Lipinski definition) is 10. The first kappa shape index (κ1) is 48.1. The van der Waals surface area contributed by atoms with E-state index in [9.17, 15) is 47.4 Å². The molecule has 12 rings (SSSR count). The first-order valence-electron chi connectivity index (χ1n) is 24.7. The average Bonchev–Trinajstić information content (AvgIpc) is 4.15. The second-order valence-corrected chi connectivity index (χ2v) is 18.8. The van der Waals surface area contributed by atoms with E-state index in [1.54, 1.807) is 91.3 Å². The molecule has 12 aromatic rings. The van der Waals surface area contributed by atoms with Gasteiger partial charge in [-0.2, -0.15) is 47.4 Å². The molecule has 0 saturated heterocycles. The molecule has 0 N–H and O–H groups in total. The molecule has 0 bridgehead atoms. The number of fused-ring (bicyclic) bond motifs is 6. The van der Waals surface area contributed by atoms with Gasteiger partial charge in [0, 0.05) is 45.1 Å². The summed E-state index contributed by atoms with van der Waals surface area (Å²) in [4.78, 5) is 4.46. The summed E-state index contributed by atoms with van der Waals surface area (Å²) in [6, 6.07) is 71.2. The van der Waals surface area contributed by atoms with Crippen molar-refractivity contribution in [3.8, 4) is 122 Å². The smallest absolute Gasteiger partial charge is 0.0999 e. The zero-order valence-corrected chi connectivity index (χ0v) is 41.7. The van der Waals surface area contributed by atoms with E-state index in [0.717, 1.165) is 21.5 Å².